The van der Waals surface area contributed by atoms with Crippen molar-refractivity contribution in [2.75, 3.05) is 5.75 Å². The molecule has 3 nitrogen and oxygen atoms in total. The largest absolute Gasteiger partial charge is 0.272 e. The minimum Gasteiger partial charge on any atom is -0.272 e. The van der Waals surface area contributed by atoms with Gasteiger partial charge in [-0.2, -0.15) is 5.10 Å². The van der Waals surface area contributed by atoms with Crippen molar-refractivity contribution in [3.63, 3.8) is 0 Å². The number of nitrogens with one attached hydrogen (secondary N) is 1. The molecular weight excluding hydrogens is 375 g/mol. The molecule has 0 spiro atoms. The van der Waals surface area contributed by atoms with Crippen LogP contribution in [0, 0.1) is 0 Å². The fourth-order valence-corrected chi connectivity index (χ4v) is 3.24. The van der Waals surface area contributed by atoms with Crippen LogP contribution in [0.25, 0.3) is 0 Å². The molecule has 0 aliphatic rings. The zero-order valence-electron chi connectivity index (χ0n) is 11.9. The molecule has 0 heterocycles. The van der Waals surface area contributed by atoms with E-state index in [0.717, 1.165) is 5.56 Å². The van der Waals surface area contributed by atoms with Gasteiger partial charge in [0.25, 0.3) is 0 Å². The lowest BCUT2D eigenvalue weighted by Gasteiger charge is -2.03. The summed E-state index contributed by atoms with van der Waals surface area (Å²) in [5, 5.41) is 5.61. The molecule has 2 rings (SSSR count). The normalized spacial score (nSPS) is 10.9. The van der Waals surface area contributed by atoms with Gasteiger partial charge in [0.05, 0.1) is 17.0 Å². The lowest BCUT2D eigenvalue weighted by molar-refractivity contribution is -0.118. The molecule has 0 radical (unpaired) electrons. The van der Waals surface area contributed by atoms with Gasteiger partial charge >= 0.3 is 0 Å². The predicted molar refractivity (Wildman–Crippen MR) is 99.8 cm³/mol. The van der Waals surface area contributed by atoms with Crippen molar-refractivity contribution in [3.05, 3.63) is 68.7 Å². The smallest absolute Gasteiger partial charge is 0.250 e. The number of benzene rings is 2. The first-order valence-electron chi connectivity index (χ1n) is 6.64. The van der Waals surface area contributed by atoms with E-state index < -0.39 is 0 Å². The summed E-state index contributed by atoms with van der Waals surface area (Å²) >= 11 is 19.3. The van der Waals surface area contributed by atoms with Crippen LogP contribution in [0.2, 0.25) is 15.1 Å². The topological polar surface area (TPSA) is 41.5 Å². The van der Waals surface area contributed by atoms with Crippen molar-refractivity contribution < 1.29 is 4.79 Å². The average Bonchev–Trinajstić information content (AvgIpc) is 2.51. The Balaban J connectivity index is 1.77. The van der Waals surface area contributed by atoms with Gasteiger partial charge in [-0.05, 0) is 23.8 Å². The molecule has 0 aromatic heterocycles. The van der Waals surface area contributed by atoms with E-state index in [1.807, 2.05) is 24.3 Å². The molecular formula is C16H13Cl3N2OS. The fourth-order valence-electron chi connectivity index (χ4n) is 1.68. The first-order valence-corrected chi connectivity index (χ1v) is 8.93. The van der Waals surface area contributed by atoms with Crippen molar-refractivity contribution in [2.24, 2.45) is 5.10 Å². The maximum absolute atomic E-state index is 11.7. The SMILES string of the molecule is O=C(CSCc1ccccc1Cl)N/N=C/c1ccc(Cl)cc1Cl. The van der Waals surface area contributed by atoms with Crippen molar-refractivity contribution in [1.82, 2.24) is 5.43 Å². The van der Waals surface area contributed by atoms with E-state index in [1.54, 1.807) is 18.2 Å². The van der Waals surface area contributed by atoms with Crippen LogP contribution in [0.4, 0.5) is 0 Å². The number of rotatable bonds is 6. The zero-order chi connectivity index (χ0) is 16.7. The predicted octanol–water partition coefficient (Wildman–Crippen LogP) is 5.03. The molecule has 0 aliphatic carbocycles. The number of amides is 1. The van der Waals surface area contributed by atoms with Crippen LogP contribution in [0.1, 0.15) is 11.1 Å². The van der Waals surface area contributed by atoms with Gasteiger partial charge in [-0.25, -0.2) is 5.43 Å². The summed E-state index contributed by atoms with van der Waals surface area (Å²) in [4.78, 5) is 11.7. The molecule has 2 aromatic carbocycles. The molecule has 0 aliphatic heterocycles. The summed E-state index contributed by atoms with van der Waals surface area (Å²) in [7, 11) is 0. The van der Waals surface area contributed by atoms with Gasteiger partial charge < -0.3 is 0 Å². The highest BCUT2D eigenvalue weighted by molar-refractivity contribution is 7.99. The summed E-state index contributed by atoms with van der Waals surface area (Å²) in [6.45, 7) is 0. The molecule has 23 heavy (non-hydrogen) atoms. The number of hydrazone groups is 1. The maximum atomic E-state index is 11.7. The van der Waals surface area contributed by atoms with Crippen LogP contribution in [0.3, 0.4) is 0 Å². The van der Waals surface area contributed by atoms with E-state index in [9.17, 15) is 4.79 Å². The van der Waals surface area contributed by atoms with Gasteiger partial charge in [0, 0.05) is 21.4 Å². The van der Waals surface area contributed by atoms with Crippen LogP contribution >= 0.6 is 46.6 Å². The second-order valence-electron chi connectivity index (χ2n) is 4.54. The van der Waals surface area contributed by atoms with E-state index >= 15 is 0 Å². The van der Waals surface area contributed by atoms with Gasteiger partial charge in [0.2, 0.25) is 5.91 Å². The van der Waals surface area contributed by atoms with Crippen molar-refractivity contribution in [1.29, 1.82) is 0 Å². The van der Waals surface area contributed by atoms with Crippen LogP contribution in [0.5, 0.6) is 0 Å². The Labute approximate surface area is 154 Å². The molecule has 0 atom stereocenters. The van der Waals surface area contributed by atoms with Crippen LogP contribution < -0.4 is 5.43 Å². The first-order chi connectivity index (χ1) is 11.1. The van der Waals surface area contributed by atoms with Crippen molar-refractivity contribution in [3.8, 4) is 0 Å². The van der Waals surface area contributed by atoms with Gasteiger partial charge in [-0.3, -0.25) is 4.79 Å². The summed E-state index contributed by atoms with van der Waals surface area (Å²) in [6.07, 6.45) is 1.48. The quantitative estimate of drug-likeness (QED) is 0.558. The highest BCUT2D eigenvalue weighted by atomic mass is 35.5. The van der Waals surface area contributed by atoms with Crippen molar-refractivity contribution >= 4 is 58.7 Å². The van der Waals surface area contributed by atoms with Crippen LogP contribution in [-0.2, 0) is 10.5 Å². The lowest BCUT2D eigenvalue weighted by Crippen LogP contribution is -2.19. The average molecular weight is 388 g/mol. The fraction of sp³-hybridized carbons (Fsp3) is 0.125. The third kappa shape index (κ3) is 6.07. The van der Waals surface area contributed by atoms with Crippen LogP contribution in [-0.4, -0.2) is 17.9 Å². The van der Waals surface area contributed by atoms with Gasteiger partial charge in [-0.1, -0.05) is 59.1 Å². The molecule has 0 fully saturated rings. The molecule has 0 saturated carbocycles. The highest BCUT2D eigenvalue weighted by Crippen LogP contribution is 2.21. The van der Waals surface area contributed by atoms with Gasteiger partial charge in [-0.15, -0.1) is 11.8 Å². The van der Waals surface area contributed by atoms with Gasteiger partial charge in [0.1, 0.15) is 0 Å². The molecule has 2 aromatic rings. The minimum atomic E-state index is -0.191. The standard InChI is InChI=1S/C16H13Cl3N2OS/c17-13-6-5-11(15(19)7-13)8-20-21-16(22)10-23-9-12-3-1-2-4-14(12)18/h1-8H,9-10H2,(H,21,22)/b20-8+. The summed E-state index contributed by atoms with van der Waals surface area (Å²) in [5.74, 6) is 0.764. The Morgan fingerprint density at radius 3 is 2.65 bits per heavy atom. The van der Waals surface area contributed by atoms with E-state index in [4.69, 9.17) is 34.8 Å². The summed E-state index contributed by atoms with van der Waals surface area (Å²) < 4.78 is 0. The van der Waals surface area contributed by atoms with Gasteiger partial charge in [0.15, 0.2) is 0 Å². The molecule has 0 unspecified atom stereocenters. The Morgan fingerprint density at radius 2 is 1.91 bits per heavy atom. The third-order valence-corrected chi connectivity index (χ3v) is 4.72. The second kappa shape index (κ2) is 9.18. The van der Waals surface area contributed by atoms with E-state index in [1.165, 1.54) is 18.0 Å². The Hall–Kier alpha value is -1.20. The zero-order valence-corrected chi connectivity index (χ0v) is 15.0. The number of hydrogen-bond acceptors (Lipinski definition) is 3. The number of carbonyl (C=O) groups is 1. The maximum Gasteiger partial charge on any atom is 0.250 e. The number of nitrogens with zero attached hydrogens (tertiary/aromatic N) is 1. The number of hydrogen-bond donors (Lipinski definition) is 1. The minimum absolute atomic E-state index is 0.191. The number of thioether (sulfide) groups is 1. The monoisotopic (exact) mass is 386 g/mol. The second-order valence-corrected chi connectivity index (χ2v) is 6.78. The third-order valence-electron chi connectivity index (χ3n) is 2.80. The molecule has 120 valence electrons. The molecule has 0 bridgehead atoms. The summed E-state index contributed by atoms with van der Waals surface area (Å²) in [5.41, 5.74) is 4.14. The highest BCUT2D eigenvalue weighted by Gasteiger charge is 2.03. The Morgan fingerprint density at radius 1 is 1.13 bits per heavy atom. The van der Waals surface area contributed by atoms with Crippen LogP contribution in [0.15, 0.2) is 47.6 Å². The Bertz CT molecular complexity index is 722. The molecule has 1 N–H and O–H groups in total. The molecule has 0 saturated heterocycles. The lowest BCUT2D eigenvalue weighted by atomic mass is 10.2. The van der Waals surface area contributed by atoms with E-state index in [-0.39, 0.29) is 11.7 Å². The first kappa shape index (κ1) is 18.1. The molecule has 1 amide bonds. The van der Waals surface area contributed by atoms with E-state index in [0.29, 0.717) is 26.4 Å². The number of carbonyl (C=O) groups excluding carboxylic acids is 1. The van der Waals surface area contributed by atoms with E-state index in [2.05, 4.69) is 10.5 Å². The Kier molecular flexibility index (Phi) is 7.24. The summed E-state index contributed by atoms with van der Waals surface area (Å²) in [6, 6.07) is 12.6. The number of halogens is 3. The molecule has 7 heteroatoms. The van der Waals surface area contributed by atoms with Crippen molar-refractivity contribution in [2.45, 2.75) is 5.75 Å².